The molecular formula is C27H28ClF3N6O3. The van der Waals surface area contributed by atoms with Gasteiger partial charge in [0.25, 0.3) is 5.91 Å². The molecule has 3 fully saturated rings. The third-order valence-corrected chi connectivity index (χ3v) is 8.16. The van der Waals surface area contributed by atoms with E-state index in [-0.39, 0.29) is 11.6 Å². The highest BCUT2D eigenvalue weighted by Crippen LogP contribution is 2.34. The first kappa shape index (κ1) is 27.1. The van der Waals surface area contributed by atoms with Crippen molar-refractivity contribution in [3.63, 3.8) is 0 Å². The number of rotatable bonds is 6. The van der Waals surface area contributed by atoms with Crippen LogP contribution in [0, 0.1) is 11.8 Å². The second-order valence-corrected chi connectivity index (χ2v) is 10.7. The molecule has 3 unspecified atom stereocenters. The molecule has 3 aromatic rings. The van der Waals surface area contributed by atoms with Gasteiger partial charge < -0.3 is 19.7 Å². The zero-order valence-corrected chi connectivity index (χ0v) is 22.3. The normalized spacial score (nSPS) is 22.4. The Morgan fingerprint density at radius 3 is 2.42 bits per heavy atom. The highest BCUT2D eigenvalue weighted by atomic mass is 35.5. The van der Waals surface area contributed by atoms with Gasteiger partial charge >= 0.3 is 6.18 Å². The summed E-state index contributed by atoms with van der Waals surface area (Å²) in [6.45, 7) is 5.49. The fourth-order valence-corrected chi connectivity index (χ4v) is 5.98. The Balaban J connectivity index is 1.22. The number of anilines is 1. The number of fused-ring (bicyclic) bond motifs is 2. The maximum atomic E-state index is 13.5. The van der Waals surface area contributed by atoms with E-state index in [4.69, 9.17) is 26.1 Å². The van der Waals surface area contributed by atoms with Crippen molar-refractivity contribution < 1.29 is 27.4 Å². The number of hydrogen-bond donors (Lipinski definition) is 1. The number of pyridine rings is 1. The lowest BCUT2D eigenvalue weighted by Gasteiger charge is -2.34. The molecule has 2 aromatic heterocycles. The molecule has 3 aliphatic heterocycles. The lowest BCUT2D eigenvalue weighted by atomic mass is 10.0. The lowest BCUT2D eigenvalue weighted by molar-refractivity contribution is -0.145. The summed E-state index contributed by atoms with van der Waals surface area (Å²) in [6, 6.07) is 6.78. The number of aromatic nitrogens is 3. The van der Waals surface area contributed by atoms with E-state index in [9.17, 15) is 18.0 Å². The average Bonchev–Trinajstić information content (AvgIpc) is 3.56. The Morgan fingerprint density at radius 2 is 1.75 bits per heavy atom. The fourth-order valence-electron chi connectivity index (χ4n) is 5.73. The van der Waals surface area contributed by atoms with Gasteiger partial charge in [0.15, 0.2) is 0 Å². The van der Waals surface area contributed by atoms with E-state index in [0.29, 0.717) is 60.2 Å². The van der Waals surface area contributed by atoms with Crippen LogP contribution in [0.1, 0.15) is 27.8 Å². The zero-order chi connectivity index (χ0) is 27.9. The fraction of sp³-hybridized carbons (Fsp3) is 0.481. The predicted molar refractivity (Wildman–Crippen MR) is 141 cm³/mol. The Hall–Kier alpha value is -3.06. The first-order valence-corrected chi connectivity index (χ1v) is 13.6. The minimum atomic E-state index is -4.64. The number of morpholine rings is 1. The Kier molecular flexibility index (Phi) is 7.51. The van der Waals surface area contributed by atoms with Crippen LogP contribution in [0.4, 0.5) is 19.0 Å². The Morgan fingerprint density at radius 1 is 1.05 bits per heavy atom. The van der Waals surface area contributed by atoms with Crippen LogP contribution in [0.3, 0.4) is 0 Å². The minimum absolute atomic E-state index is 0.115. The Labute approximate surface area is 233 Å². The Bertz CT molecular complexity index is 1370. The number of carbonyl (C=O) groups excluding carboxylic acids is 1. The quantitative estimate of drug-likeness (QED) is 0.476. The molecule has 212 valence electrons. The third-order valence-electron chi connectivity index (χ3n) is 7.85. The van der Waals surface area contributed by atoms with Gasteiger partial charge in [0.2, 0.25) is 5.82 Å². The van der Waals surface area contributed by atoms with Crippen LogP contribution < -0.4 is 10.2 Å². The molecular weight excluding hydrogens is 549 g/mol. The topological polar surface area (TPSA) is 92.7 Å². The van der Waals surface area contributed by atoms with E-state index in [2.05, 4.69) is 20.2 Å². The van der Waals surface area contributed by atoms with Crippen molar-refractivity contribution in [1.29, 1.82) is 0 Å². The van der Waals surface area contributed by atoms with Crippen molar-refractivity contribution in [2.24, 2.45) is 11.8 Å². The second-order valence-electron chi connectivity index (χ2n) is 10.3. The predicted octanol–water partition coefficient (Wildman–Crippen LogP) is 3.58. The van der Waals surface area contributed by atoms with Gasteiger partial charge in [0.05, 0.1) is 48.6 Å². The zero-order valence-electron chi connectivity index (χ0n) is 21.5. The summed E-state index contributed by atoms with van der Waals surface area (Å²) < 4.78 is 50.1. The molecule has 3 aliphatic rings. The van der Waals surface area contributed by atoms with Crippen LogP contribution in [0.2, 0.25) is 5.02 Å². The second kappa shape index (κ2) is 11.1. The molecule has 0 bridgehead atoms. The number of nitrogens with zero attached hydrogens (tertiary/aromatic N) is 5. The number of ether oxygens (including phenoxy) is 2. The number of hydrogen-bond acceptors (Lipinski definition) is 8. The SMILES string of the molecule is O=C(NCC(c1cnc(C(F)(F)F)nc1)N1CCOCC1)c1c(Cl)ccc2nc(N3CC4COCC4C3)ccc12. The van der Waals surface area contributed by atoms with E-state index < -0.39 is 23.9 Å². The largest absolute Gasteiger partial charge is 0.451 e. The molecule has 1 aromatic carbocycles. The molecule has 3 atom stereocenters. The number of halogens is 4. The summed E-state index contributed by atoms with van der Waals surface area (Å²) in [6.07, 6.45) is -2.31. The van der Waals surface area contributed by atoms with Gasteiger partial charge in [0, 0.05) is 67.9 Å². The lowest BCUT2D eigenvalue weighted by Crippen LogP contribution is -2.44. The molecule has 5 heterocycles. The summed E-state index contributed by atoms with van der Waals surface area (Å²) >= 11 is 6.50. The van der Waals surface area contributed by atoms with Crippen molar-refractivity contribution >= 4 is 34.2 Å². The minimum Gasteiger partial charge on any atom is -0.381 e. The average molecular weight is 577 g/mol. The van der Waals surface area contributed by atoms with Crippen molar-refractivity contribution in [1.82, 2.24) is 25.2 Å². The molecule has 6 rings (SSSR count). The van der Waals surface area contributed by atoms with Crippen molar-refractivity contribution in [3.8, 4) is 0 Å². The third kappa shape index (κ3) is 5.45. The van der Waals surface area contributed by atoms with Gasteiger partial charge in [-0.3, -0.25) is 9.69 Å². The van der Waals surface area contributed by atoms with E-state index in [0.717, 1.165) is 44.5 Å². The van der Waals surface area contributed by atoms with Gasteiger partial charge in [0.1, 0.15) is 5.82 Å². The van der Waals surface area contributed by atoms with Gasteiger partial charge in [-0.25, -0.2) is 15.0 Å². The first-order valence-electron chi connectivity index (χ1n) is 13.2. The van der Waals surface area contributed by atoms with Crippen LogP contribution in [-0.4, -0.2) is 84.9 Å². The highest BCUT2D eigenvalue weighted by molar-refractivity contribution is 6.35. The van der Waals surface area contributed by atoms with E-state index >= 15 is 0 Å². The number of nitrogens with one attached hydrogen (secondary N) is 1. The van der Waals surface area contributed by atoms with Gasteiger partial charge in [-0.05, 0) is 24.3 Å². The van der Waals surface area contributed by atoms with Crippen molar-refractivity contribution in [3.05, 3.63) is 58.6 Å². The van der Waals surface area contributed by atoms with Gasteiger partial charge in [-0.1, -0.05) is 11.6 Å². The van der Waals surface area contributed by atoms with Crippen LogP contribution in [0.25, 0.3) is 10.9 Å². The molecule has 0 aliphatic carbocycles. The summed E-state index contributed by atoms with van der Waals surface area (Å²) in [5, 5.41) is 3.84. The first-order chi connectivity index (χ1) is 19.3. The van der Waals surface area contributed by atoms with Gasteiger partial charge in [-0.2, -0.15) is 13.2 Å². The maximum Gasteiger partial charge on any atom is 0.451 e. The van der Waals surface area contributed by atoms with Crippen molar-refractivity contribution in [2.75, 3.05) is 64.1 Å². The standard InChI is InChI=1S/C27H28ClF3N6O3/c28-20-2-3-21-19(1-4-23(35-21)37-12-17-14-40-15-18(17)13-37)24(20)25(38)32-11-22(36-5-7-39-8-6-36)16-9-33-26(34-10-16)27(29,30)31/h1-4,9-10,17-18,22H,5-8,11-15H2,(H,32,38). The molecule has 9 nitrogen and oxygen atoms in total. The molecule has 0 saturated carbocycles. The van der Waals surface area contributed by atoms with Crippen LogP contribution in [0.5, 0.6) is 0 Å². The monoisotopic (exact) mass is 576 g/mol. The number of amides is 1. The molecule has 1 amide bonds. The van der Waals surface area contributed by atoms with E-state index in [1.807, 2.05) is 17.0 Å². The van der Waals surface area contributed by atoms with E-state index in [1.165, 1.54) is 0 Å². The molecule has 3 saturated heterocycles. The summed E-state index contributed by atoms with van der Waals surface area (Å²) in [5.41, 5.74) is 1.42. The summed E-state index contributed by atoms with van der Waals surface area (Å²) in [5.74, 6) is 0.271. The smallest absolute Gasteiger partial charge is 0.381 e. The van der Waals surface area contributed by atoms with Crippen molar-refractivity contribution in [2.45, 2.75) is 12.2 Å². The number of benzene rings is 1. The molecule has 13 heteroatoms. The number of alkyl halides is 3. The molecule has 40 heavy (non-hydrogen) atoms. The molecule has 0 radical (unpaired) electrons. The van der Waals surface area contributed by atoms with E-state index in [1.54, 1.807) is 12.1 Å². The van der Waals surface area contributed by atoms with Crippen LogP contribution in [-0.2, 0) is 15.7 Å². The molecule has 1 N–H and O–H groups in total. The van der Waals surface area contributed by atoms with Crippen LogP contribution in [0.15, 0.2) is 36.7 Å². The number of carbonyl (C=O) groups is 1. The van der Waals surface area contributed by atoms with Crippen LogP contribution >= 0.6 is 11.6 Å². The highest BCUT2D eigenvalue weighted by Gasteiger charge is 2.38. The molecule has 0 spiro atoms. The maximum absolute atomic E-state index is 13.5. The summed E-state index contributed by atoms with van der Waals surface area (Å²) in [4.78, 5) is 29.6. The van der Waals surface area contributed by atoms with Gasteiger partial charge in [-0.15, -0.1) is 0 Å². The summed E-state index contributed by atoms with van der Waals surface area (Å²) in [7, 11) is 0.